The standard InChI is InChI=1S/C22H28N6O/c1-28-21(10-16(11-23)14-5-3-2-4-6-14)19(13-25-28)15-7-8-17-18(9-15)20(12-24)26-27-22(17)29/h2-6,13,15-18,20,26H,7-10,12,24H2,1H3,(H,27,29). The van der Waals surface area contributed by atoms with E-state index in [0.717, 1.165) is 30.5 Å². The molecule has 0 radical (unpaired) electrons. The number of carbonyl (C=O) groups excluding carboxylic acids is 1. The van der Waals surface area contributed by atoms with E-state index < -0.39 is 0 Å². The summed E-state index contributed by atoms with van der Waals surface area (Å²) in [6, 6.07) is 12.5. The molecule has 152 valence electrons. The number of amides is 1. The molecule has 2 aliphatic rings. The summed E-state index contributed by atoms with van der Waals surface area (Å²) in [5.41, 5.74) is 15.2. The van der Waals surface area contributed by atoms with E-state index in [1.807, 2.05) is 48.3 Å². The second-order valence-corrected chi connectivity index (χ2v) is 8.22. The van der Waals surface area contributed by atoms with Gasteiger partial charge in [0.25, 0.3) is 0 Å². The second-order valence-electron chi connectivity index (χ2n) is 8.22. The van der Waals surface area contributed by atoms with E-state index in [4.69, 9.17) is 5.73 Å². The monoisotopic (exact) mass is 392 g/mol. The van der Waals surface area contributed by atoms with Crippen LogP contribution in [0, 0.1) is 23.2 Å². The van der Waals surface area contributed by atoms with Crippen LogP contribution in [0.3, 0.4) is 0 Å². The Kier molecular flexibility index (Phi) is 5.65. The lowest BCUT2D eigenvalue weighted by Crippen LogP contribution is -2.62. The van der Waals surface area contributed by atoms with Gasteiger partial charge in [-0.25, -0.2) is 5.43 Å². The number of hydrogen-bond donors (Lipinski definition) is 3. The third kappa shape index (κ3) is 3.78. The van der Waals surface area contributed by atoms with Crippen molar-refractivity contribution in [3.63, 3.8) is 0 Å². The van der Waals surface area contributed by atoms with Crippen molar-refractivity contribution in [2.75, 3.05) is 6.54 Å². The summed E-state index contributed by atoms with van der Waals surface area (Å²) in [6.07, 6.45) is 5.30. The number of nitrogens with two attached hydrogens (primary N) is 1. The van der Waals surface area contributed by atoms with Crippen molar-refractivity contribution < 1.29 is 4.79 Å². The Morgan fingerprint density at radius 1 is 1.34 bits per heavy atom. The Hall–Kier alpha value is -2.69. The zero-order chi connectivity index (χ0) is 20.4. The lowest BCUT2D eigenvalue weighted by atomic mass is 9.68. The van der Waals surface area contributed by atoms with E-state index in [9.17, 15) is 10.1 Å². The molecule has 7 heteroatoms. The molecule has 4 N–H and O–H groups in total. The number of fused-ring (bicyclic) bond motifs is 1. The summed E-state index contributed by atoms with van der Waals surface area (Å²) in [5.74, 6) is 0.453. The van der Waals surface area contributed by atoms with Crippen molar-refractivity contribution in [1.82, 2.24) is 20.6 Å². The first kappa shape index (κ1) is 19.6. The van der Waals surface area contributed by atoms with Gasteiger partial charge in [-0.1, -0.05) is 30.3 Å². The van der Waals surface area contributed by atoms with Gasteiger partial charge >= 0.3 is 0 Å². The molecule has 5 atom stereocenters. The Labute approximate surface area is 171 Å². The molecule has 0 bridgehead atoms. The fourth-order valence-electron chi connectivity index (χ4n) is 5.04. The van der Waals surface area contributed by atoms with Gasteiger partial charge in [-0.3, -0.25) is 14.9 Å². The zero-order valence-electron chi connectivity index (χ0n) is 16.7. The number of nitrogens with one attached hydrogen (secondary N) is 2. The van der Waals surface area contributed by atoms with Crippen molar-refractivity contribution in [3.8, 4) is 6.07 Å². The average molecular weight is 393 g/mol. The molecule has 1 saturated heterocycles. The van der Waals surface area contributed by atoms with Gasteiger partial charge in [0.05, 0.1) is 18.2 Å². The van der Waals surface area contributed by atoms with Gasteiger partial charge in [0.15, 0.2) is 0 Å². The average Bonchev–Trinajstić information content (AvgIpc) is 3.12. The molecule has 1 aromatic carbocycles. The summed E-state index contributed by atoms with van der Waals surface area (Å²) in [4.78, 5) is 12.3. The lowest BCUT2D eigenvalue weighted by Gasteiger charge is -2.43. The van der Waals surface area contributed by atoms with E-state index in [1.165, 1.54) is 5.56 Å². The van der Waals surface area contributed by atoms with Crippen LogP contribution in [0.5, 0.6) is 0 Å². The molecule has 7 nitrogen and oxygen atoms in total. The Morgan fingerprint density at radius 3 is 2.86 bits per heavy atom. The van der Waals surface area contributed by atoms with Crippen LogP contribution in [0.4, 0.5) is 0 Å². The SMILES string of the molecule is Cn1ncc(C2CCC3C(=O)NNC(CN)C3C2)c1CC(C#N)c1ccccc1. The molecule has 4 rings (SSSR count). The largest absolute Gasteiger partial charge is 0.329 e. The van der Waals surface area contributed by atoms with Crippen LogP contribution in [0.25, 0.3) is 0 Å². The number of hydrazine groups is 1. The molecule has 1 aliphatic heterocycles. The molecule has 0 spiro atoms. The predicted molar refractivity (Wildman–Crippen MR) is 109 cm³/mol. The predicted octanol–water partition coefficient (Wildman–Crippen LogP) is 1.73. The summed E-state index contributed by atoms with van der Waals surface area (Å²) in [5, 5.41) is 14.3. The summed E-state index contributed by atoms with van der Waals surface area (Å²) in [7, 11) is 1.95. The van der Waals surface area contributed by atoms with Gasteiger partial charge in [-0.15, -0.1) is 0 Å². The van der Waals surface area contributed by atoms with Crippen LogP contribution in [-0.4, -0.2) is 28.3 Å². The van der Waals surface area contributed by atoms with Gasteiger partial charge in [0, 0.05) is 37.7 Å². The van der Waals surface area contributed by atoms with Crippen LogP contribution < -0.4 is 16.6 Å². The van der Waals surface area contributed by atoms with Crippen LogP contribution >= 0.6 is 0 Å². The smallest absolute Gasteiger partial charge is 0.237 e. The van der Waals surface area contributed by atoms with Crippen molar-refractivity contribution in [2.24, 2.45) is 24.6 Å². The first-order chi connectivity index (χ1) is 14.1. The van der Waals surface area contributed by atoms with Crippen molar-refractivity contribution >= 4 is 5.91 Å². The Bertz CT molecular complexity index is 902. The third-order valence-corrected chi connectivity index (χ3v) is 6.68. The van der Waals surface area contributed by atoms with Crippen LogP contribution in [0.1, 0.15) is 47.9 Å². The number of nitrogens with zero attached hydrogens (tertiary/aromatic N) is 3. The van der Waals surface area contributed by atoms with Gasteiger partial charge in [0.2, 0.25) is 5.91 Å². The van der Waals surface area contributed by atoms with Crippen molar-refractivity contribution in [2.45, 2.75) is 43.6 Å². The van der Waals surface area contributed by atoms with E-state index in [-0.39, 0.29) is 29.7 Å². The minimum atomic E-state index is -0.208. The number of hydrogen-bond acceptors (Lipinski definition) is 5. The van der Waals surface area contributed by atoms with E-state index in [2.05, 4.69) is 22.0 Å². The molecule has 1 saturated carbocycles. The van der Waals surface area contributed by atoms with E-state index >= 15 is 0 Å². The normalized spacial score (nSPS) is 27.6. The van der Waals surface area contributed by atoms with Crippen molar-refractivity contribution in [1.29, 1.82) is 5.26 Å². The highest BCUT2D eigenvalue weighted by molar-refractivity contribution is 5.79. The minimum absolute atomic E-state index is 0.0253. The van der Waals surface area contributed by atoms with Crippen LogP contribution in [0.15, 0.2) is 36.5 Å². The zero-order valence-corrected chi connectivity index (χ0v) is 16.7. The topological polar surface area (TPSA) is 109 Å². The van der Waals surface area contributed by atoms with E-state index in [0.29, 0.717) is 18.9 Å². The molecule has 1 aliphatic carbocycles. The first-order valence-corrected chi connectivity index (χ1v) is 10.3. The molecule has 5 unspecified atom stereocenters. The maximum Gasteiger partial charge on any atom is 0.237 e. The summed E-state index contributed by atoms with van der Waals surface area (Å²) >= 11 is 0. The van der Waals surface area contributed by atoms with Crippen molar-refractivity contribution in [3.05, 3.63) is 53.3 Å². The fourth-order valence-corrected chi connectivity index (χ4v) is 5.04. The van der Waals surface area contributed by atoms with Gasteiger partial charge < -0.3 is 5.73 Å². The number of nitriles is 1. The fraction of sp³-hybridized carbons (Fsp3) is 0.500. The summed E-state index contributed by atoms with van der Waals surface area (Å²) in [6.45, 7) is 0.499. The third-order valence-electron chi connectivity index (χ3n) is 6.68. The number of benzene rings is 1. The molecule has 2 fully saturated rings. The molecular weight excluding hydrogens is 364 g/mol. The van der Waals surface area contributed by atoms with Gasteiger partial charge in [-0.2, -0.15) is 10.4 Å². The van der Waals surface area contributed by atoms with Crippen LogP contribution in [-0.2, 0) is 18.3 Å². The second kappa shape index (κ2) is 8.36. The number of aromatic nitrogens is 2. The molecule has 1 amide bonds. The Morgan fingerprint density at radius 2 is 2.14 bits per heavy atom. The summed E-state index contributed by atoms with van der Waals surface area (Å²) < 4.78 is 1.90. The molecule has 29 heavy (non-hydrogen) atoms. The number of rotatable bonds is 5. The molecular formula is C22H28N6O. The molecule has 2 aromatic rings. The van der Waals surface area contributed by atoms with Gasteiger partial charge in [-0.05, 0) is 42.2 Å². The van der Waals surface area contributed by atoms with Crippen LogP contribution in [0.2, 0.25) is 0 Å². The van der Waals surface area contributed by atoms with E-state index in [1.54, 1.807) is 0 Å². The molecule has 2 heterocycles. The highest BCUT2D eigenvalue weighted by atomic mass is 16.2. The lowest BCUT2D eigenvalue weighted by molar-refractivity contribution is -0.133. The minimum Gasteiger partial charge on any atom is -0.329 e. The maximum atomic E-state index is 12.3. The number of aryl methyl sites for hydroxylation is 1. The maximum absolute atomic E-state index is 12.3. The Balaban J connectivity index is 1.57. The quantitative estimate of drug-likeness (QED) is 0.718. The molecule has 1 aromatic heterocycles. The highest BCUT2D eigenvalue weighted by Gasteiger charge is 2.43. The van der Waals surface area contributed by atoms with Gasteiger partial charge in [0.1, 0.15) is 0 Å². The number of carbonyl (C=O) groups is 1. The first-order valence-electron chi connectivity index (χ1n) is 10.3. The highest BCUT2D eigenvalue weighted by Crippen LogP contribution is 2.43.